The van der Waals surface area contributed by atoms with E-state index < -0.39 is 0 Å². The van der Waals surface area contributed by atoms with E-state index >= 15 is 0 Å². The third kappa shape index (κ3) is 4.53. The standard InChI is InChI=1S/C17H17Cl2NO3/c1-3-8-23-16-14(19)9-11(10-15(16)22-2)17(21)20-13-6-4-12(18)5-7-13/h4-7,9-10H,3,8H2,1-2H3,(H,20,21). The first-order chi connectivity index (χ1) is 11.0. The van der Waals surface area contributed by atoms with E-state index in [9.17, 15) is 4.79 Å². The van der Waals surface area contributed by atoms with Crippen LogP contribution in [0.2, 0.25) is 10.0 Å². The largest absolute Gasteiger partial charge is 0.493 e. The number of benzene rings is 2. The predicted octanol–water partition coefficient (Wildman–Crippen LogP) is 5.04. The molecule has 6 heteroatoms. The molecule has 1 N–H and O–H groups in total. The molecule has 0 unspecified atom stereocenters. The number of hydrogen-bond donors (Lipinski definition) is 1. The van der Waals surface area contributed by atoms with E-state index in [1.807, 2.05) is 6.92 Å². The van der Waals surface area contributed by atoms with Crippen LogP contribution >= 0.6 is 23.2 Å². The van der Waals surface area contributed by atoms with Gasteiger partial charge in [-0.1, -0.05) is 30.1 Å². The minimum absolute atomic E-state index is 0.297. The highest BCUT2D eigenvalue weighted by Crippen LogP contribution is 2.36. The summed E-state index contributed by atoms with van der Waals surface area (Å²) in [7, 11) is 1.51. The van der Waals surface area contributed by atoms with Crippen molar-refractivity contribution in [2.24, 2.45) is 0 Å². The summed E-state index contributed by atoms with van der Waals surface area (Å²) in [5.41, 5.74) is 1.02. The summed E-state index contributed by atoms with van der Waals surface area (Å²) in [6, 6.07) is 10.00. The highest BCUT2D eigenvalue weighted by atomic mass is 35.5. The monoisotopic (exact) mass is 353 g/mol. The number of carbonyl (C=O) groups excluding carboxylic acids is 1. The van der Waals surface area contributed by atoms with Crippen molar-refractivity contribution in [3.05, 3.63) is 52.0 Å². The molecule has 1 amide bonds. The van der Waals surface area contributed by atoms with E-state index in [1.165, 1.54) is 7.11 Å². The van der Waals surface area contributed by atoms with Crippen LogP contribution in [0.25, 0.3) is 0 Å². The van der Waals surface area contributed by atoms with Crippen molar-refractivity contribution in [1.29, 1.82) is 0 Å². The van der Waals surface area contributed by atoms with Crippen LogP contribution in [0.15, 0.2) is 36.4 Å². The summed E-state index contributed by atoms with van der Waals surface area (Å²) >= 11 is 12.0. The molecule has 0 aromatic heterocycles. The minimum atomic E-state index is -0.297. The van der Waals surface area contributed by atoms with Gasteiger partial charge in [-0.2, -0.15) is 0 Å². The summed E-state index contributed by atoms with van der Waals surface area (Å²) in [5, 5.41) is 3.71. The van der Waals surface area contributed by atoms with Gasteiger partial charge in [-0.25, -0.2) is 0 Å². The fourth-order valence-corrected chi connectivity index (χ4v) is 2.32. The van der Waals surface area contributed by atoms with Gasteiger partial charge < -0.3 is 14.8 Å². The third-order valence-electron chi connectivity index (χ3n) is 3.04. The molecule has 2 rings (SSSR count). The van der Waals surface area contributed by atoms with E-state index in [0.717, 1.165) is 6.42 Å². The molecule has 0 bridgehead atoms. The van der Waals surface area contributed by atoms with E-state index in [1.54, 1.807) is 36.4 Å². The lowest BCUT2D eigenvalue weighted by Crippen LogP contribution is -2.12. The van der Waals surface area contributed by atoms with Crippen LogP contribution < -0.4 is 14.8 Å². The number of anilines is 1. The Bertz CT molecular complexity index is 687. The summed E-state index contributed by atoms with van der Waals surface area (Å²) in [6.45, 7) is 2.51. The summed E-state index contributed by atoms with van der Waals surface area (Å²) in [5.74, 6) is 0.570. The second kappa shape index (κ2) is 8.09. The molecule has 0 aliphatic rings. The van der Waals surface area contributed by atoms with Gasteiger partial charge in [0.1, 0.15) is 0 Å². The van der Waals surface area contributed by atoms with Crippen LogP contribution in [-0.2, 0) is 0 Å². The first-order valence-electron chi connectivity index (χ1n) is 7.12. The molecule has 0 saturated carbocycles. The van der Waals surface area contributed by atoms with Crippen molar-refractivity contribution in [3.63, 3.8) is 0 Å². The van der Waals surface area contributed by atoms with Gasteiger partial charge in [0.2, 0.25) is 0 Å². The zero-order chi connectivity index (χ0) is 16.8. The molecule has 0 aliphatic carbocycles. The first-order valence-corrected chi connectivity index (χ1v) is 7.88. The lowest BCUT2D eigenvalue weighted by Gasteiger charge is -2.14. The van der Waals surface area contributed by atoms with Crippen molar-refractivity contribution in [1.82, 2.24) is 0 Å². The number of hydrogen-bond acceptors (Lipinski definition) is 3. The SMILES string of the molecule is CCCOc1c(Cl)cc(C(=O)Nc2ccc(Cl)cc2)cc1OC. The Hall–Kier alpha value is -1.91. The maximum absolute atomic E-state index is 12.3. The van der Waals surface area contributed by atoms with E-state index in [2.05, 4.69) is 5.32 Å². The van der Waals surface area contributed by atoms with Gasteiger partial charge in [0.05, 0.1) is 18.7 Å². The molecule has 0 radical (unpaired) electrons. The Morgan fingerprint density at radius 2 is 1.87 bits per heavy atom. The zero-order valence-corrected chi connectivity index (χ0v) is 14.4. The average Bonchev–Trinajstić information content (AvgIpc) is 2.55. The molecule has 4 nitrogen and oxygen atoms in total. The molecule has 0 saturated heterocycles. The van der Waals surface area contributed by atoms with Gasteiger partial charge >= 0.3 is 0 Å². The van der Waals surface area contributed by atoms with Gasteiger partial charge in [-0.05, 0) is 42.8 Å². The van der Waals surface area contributed by atoms with Crippen molar-refractivity contribution in [3.8, 4) is 11.5 Å². The molecule has 2 aromatic carbocycles. The number of amides is 1. The first kappa shape index (κ1) is 17.4. The fourth-order valence-electron chi connectivity index (χ4n) is 1.93. The molecule has 0 heterocycles. The molecule has 23 heavy (non-hydrogen) atoms. The van der Waals surface area contributed by atoms with Crippen LogP contribution in [0.1, 0.15) is 23.7 Å². The quantitative estimate of drug-likeness (QED) is 0.790. The van der Waals surface area contributed by atoms with Crippen LogP contribution in [0.4, 0.5) is 5.69 Å². The number of carbonyl (C=O) groups is 1. The van der Waals surface area contributed by atoms with Gasteiger partial charge in [0, 0.05) is 16.3 Å². The maximum Gasteiger partial charge on any atom is 0.255 e. The van der Waals surface area contributed by atoms with E-state index in [-0.39, 0.29) is 5.91 Å². The second-order valence-corrected chi connectivity index (χ2v) is 5.64. The van der Waals surface area contributed by atoms with Crippen molar-refractivity contribution < 1.29 is 14.3 Å². The summed E-state index contributed by atoms with van der Waals surface area (Å²) in [4.78, 5) is 12.3. The Morgan fingerprint density at radius 1 is 1.17 bits per heavy atom. The Morgan fingerprint density at radius 3 is 2.48 bits per heavy atom. The van der Waals surface area contributed by atoms with Crippen LogP contribution in [0, 0.1) is 0 Å². The van der Waals surface area contributed by atoms with Crippen LogP contribution in [-0.4, -0.2) is 19.6 Å². The molecule has 0 fully saturated rings. The van der Waals surface area contributed by atoms with Gasteiger partial charge in [0.15, 0.2) is 11.5 Å². The molecular weight excluding hydrogens is 337 g/mol. The lowest BCUT2D eigenvalue weighted by atomic mass is 10.1. The maximum atomic E-state index is 12.3. The normalized spacial score (nSPS) is 10.3. The van der Waals surface area contributed by atoms with Gasteiger partial charge in [-0.3, -0.25) is 4.79 Å². The number of rotatable bonds is 6. The Kier molecular flexibility index (Phi) is 6.13. The number of halogens is 2. The van der Waals surface area contributed by atoms with Crippen LogP contribution in [0.5, 0.6) is 11.5 Å². The minimum Gasteiger partial charge on any atom is -0.493 e. The molecule has 0 aliphatic heterocycles. The Labute approximate surface area is 145 Å². The fraction of sp³-hybridized carbons (Fsp3) is 0.235. The molecule has 0 spiro atoms. The zero-order valence-electron chi connectivity index (χ0n) is 12.9. The number of nitrogens with one attached hydrogen (secondary N) is 1. The number of ether oxygens (including phenoxy) is 2. The van der Waals surface area contributed by atoms with Gasteiger partial charge in [-0.15, -0.1) is 0 Å². The van der Waals surface area contributed by atoms with Crippen LogP contribution in [0.3, 0.4) is 0 Å². The van der Waals surface area contributed by atoms with Gasteiger partial charge in [0.25, 0.3) is 5.91 Å². The van der Waals surface area contributed by atoms with Crippen molar-refractivity contribution in [2.45, 2.75) is 13.3 Å². The molecule has 0 atom stereocenters. The van der Waals surface area contributed by atoms with Crippen molar-refractivity contribution in [2.75, 3.05) is 19.0 Å². The molecular formula is C17H17Cl2NO3. The highest BCUT2D eigenvalue weighted by molar-refractivity contribution is 6.33. The second-order valence-electron chi connectivity index (χ2n) is 4.80. The Balaban J connectivity index is 2.23. The predicted molar refractivity (Wildman–Crippen MR) is 93.2 cm³/mol. The van der Waals surface area contributed by atoms with Crippen molar-refractivity contribution >= 4 is 34.8 Å². The summed E-state index contributed by atoms with van der Waals surface area (Å²) in [6.07, 6.45) is 0.846. The summed E-state index contributed by atoms with van der Waals surface area (Å²) < 4.78 is 10.8. The smallest absolute Gasteiger partial charge is 0.255 e. The average molecular weight is 354 g/mol. The van der Waals surface area contributed by atoms with E-state index in [0.29, 0.717) is 39.4 Å². The number of methoxy groups -OCH3 is 1. The lowest BCUT2D eigenvalue weighted by molar-refractivity contribution is 0.102. The molecule has 2 aromatic rings. The highest BCUT2D eigenvalue weighted by Gasteiger charge is 2.16. The topological polar surface area (TPSA) is 47.6 Å². The molecule has 122 valence electrons. The third-order valence-corrected chi connectivity index (χ3v) is 3.58. The van der Waals surface area contributed by atoms with E-state index in [4.69, 9.17) is 32.7 Å².